The van der Waals surface area contributed by atoms with Crippen LogP contribution in [0.1, 0.15) is 34.7 Å². The summed E-state index contributed by atoms with van der Waals surface area (Å²) in [7, 11) is 0. The number of aromatic amines is 1. The highest BCUT2D eigenvalue weighted by molar-refractivity contribution is 5.91. The predicted molar refractivity (Wildman–Crippen MR) is 107 cm³/mol. The van der Waals surface area contributed by atoms with E-state index in [1.807, 2.05) is 25.1 Å². The molecule has 0 unspecified atom stereocenters. The molecule has 0 spiro atoms. The highest BCUT2D eigenvalue weighted by Crippen LogP contribution is 2.25. The zero-order valence-electron chi connectivity index (χ0n) is 15.7. The molecule has 148 valence electrons. The topological polar surface area (TPSA) is 179 Å². The maximum absolute atomic E-state index is 11.4. The van der Waals surface area contributed by atoms with E-state index in [0.717, 1.165) is 11.1 Å². The van der Waals surface area contributed by atoms with Crippen LogP contribution < -0.4 is 11.1 Å². The Balaban J connectivity index is 1.57. The van der Waals surface area contributed by atoms with Crippen LogP contribution >= 0.6 is 0 Å². The first-order chi connectivity index (χ1) is 14.5. The SMILES string of the molecule is C[C@@H](Nc1ncc(C#N)nc1C(=O)O)c1ccc(-c2cnc3[nH]nc(N)c3c2)nc1. The first-order valence-electron chi connectivity index (χ1n) is 8.79. The van der Waals surface area contributed by atoms with Crippen molar-refractivity contribution in [2.45, 2.75) is 13.0 Å². The highest BCUT2D eigenvalue weighted by Gasteiger charge is 2.17. The standard InChI is InChI=1S/C19H15N9O2/c1-9(25-18-15(19(29)30)26-12(5-20)8-24-18)10-2-3-14(22-6-10)11-4-13-16(21)27-28-17(13)23-7-11/h2-4,6-9H,1H3,(H,24,25)(H,29,30)(H3,21,23,27,28)/t9-/m1/s1. The highest BCUT2D eigenvalue weighted by atomic mass is 16.4. The van der Waals surface area contributed by atoms with Gasteiger partial charge in [0.1, 0.15) is 6.07 Å². The molecule has 1 atom stereocenters. The average molecular weight is 401 g/mol. The van der Waals surface area contributed by atoms with Crippen LogP contribution in [0.5, 0.6) is 0 Å². The minimum Gasteiger partial charge on any atom is -0.476 e. The minimum absolute atomic E-state index is 0.0690. The summed E-state index contributed by atoms with van der Waals surface area (Å²) < 4.78 is 0. The van der Waals surface area contributed by atoms with Gasteiger partial charge in [-0.1, -0.05) is 6.07 Å². The Hall–Kier alpha value is -4.59. The van der Waals surface area contributed by atoms with Gasteiger partial charge in [0.05, 0.1) is 23.3 Å². The van der Waals surface area contributed by atoms with Crippen LogP contribution in [0.25, 0.3) is 22.3 Å². The lowest BCUT2D eigenvalue weighted by molar-refractivity contribution is 0.0691. The van der Waals surface area contributed by atoms with Crippen LogP contribution in [0.4, 0.5) is 11.6 Å². The largest absolute Gasteiger partial charge is 0.476 e. The van der Waals surface area contributed by atoms with E-state index in [1.54, 1.807) is 18.5 Å². The summed E-state index contributed by atoms with van der Waals surface area (Å²) in [4.78, 5) is 28.0. The summed E-state index contributed by atoms with van der Waals surface area (Å²) in [5, 5.41) is 28.6. The number of rotatable bonds is 5. The number of nitrogens with zero attached hydrogens (tertiary/aromatic N) is 6. The van der Waals surface area contributed by atoms with Crippen molar-refractivity contribution in [2.75, 3.05) is 11.1 Å². The summed E-state index contributed by atoms with van der Waals surface area (Å²) in [5.41, 5.74) is 8.33. The Kier molecular flexibility index (Phi) is 4.65. The van der Waals surface area contributed by atoms with Crippen molar-refractivity contribution < 1.29 is 9.90 Å². The summed E-state index contributed by atoms with van der Waals surface area (Å²) >= 11 is 0. The molecule has 0 radical (unpaired) electrons. The molecule has 11 nitrogen and oxygen atoms in total. The van der Waals surface area contributed by atoms with Crippen LogP contribution in [0.15, 0.2) is 36.8 Å². The Morgan fingerprint density at radius 1 is 1.27 bits per heavy atom. The average Bonchev–Trinajstić information content (AvgIpc) is 3.14. The maximum atomic E-state index is 11.4. The summed E-state index contributed by atoms with van der Waals surface area (Å²) in [5.74, 6) is -0.834. The molecule has 4 heterocycles. The van der Waals surface area contributed by atoms with Crippen molar-refractivity contribution in [1.82, 2.24) is 30.1 Å². The second kappa shape index (κ2) is 7.44. The third kappa shape index (κ3) is 3.45. The number of nitrogens with two attached hydrogens (primary N) is 1. The van der Waals surface area contributed by atoms with Crippen LogP contribution in [-0.2, 0) is 0 Å². The van der Waals surface area contributed by atoms with Crippen molar-refractivity contribution >= 4 is 28.6 Å². The van der Waals surface area contributed by atoms with Gasteiger partial charge >= 0.3 is 5.97 Å². The Morgan fingerprint density at radius 3 is 2.80 bits per heavy atom. The van der Waals surface area contributed by atoms with Gasteiger partial charge in [-0.25, -0.2) is 19.7 Å². The third-order valence-corrected chi connectivity index (χ3v) is 4.47. The molecule has 4 rings (SSSR count). The minimum atomic E-state index is -1.27. The lowest BCUT2D eigenvalue weighted by atomic mass is 10.1. The molecule has 0 aliphatic rings. The molecule has 11 heteroatoms. The number of fused-ring (bicyclic) bond motifs is 1. The number of H-pyrrole nitrogens is 1. The lowest BCUT2D eigenvalue weighted by Crippen LogP contribution is -2.14. The van der Waals surface area contributed by atoms with Crippen molar-refractivity contribution in [2.24, 2.45) is 0 Å². The number of hydrogen-bond acceptors (Lipinski definition) is 9. The molecule has 0 saturated carbocycles. The van der Waals surface area contributed by atoms with E-state index >= 15 is 0 Å². The van der Waals surface area contributed by atoms with E-state index in [2.05, 4.69) is 35.5 Å². The quantitative estimate of drug-likeness (QED) is 0.387. The first-order valence-corrected chi connectivity index (χ1v) is 8.79. The van der Waals surface area contributed by atoms with Gasteiger partial charge in [0.25, 0.3) is 0 Å². The zero-order chi connectivity index (χ0) is 21.3. The van der Waals surface area contributed by atoms with Gasteiger partial charge in [-0.15, -0.1) is 0 Å². The molecule has 0 fully saturated rings. The molecule has 4 aromatic heterocycles. The number of nitriles is 1. The van der Waals surface area contributed by atoms with Crippen molar-refractivity contribution in [3.63, 3.8) is 0 Å². The monoisotopic (exact) mass is 401 g/mol. The van der Waals surface area contributed by atoms with Crippen molar-refractivity contribution in [1.29, 1.82) is 5.26 Å². The lowest BCUT2D eigenvalue weighted by Gasteiger charge is -2.16. The van der Waals surface area contributed by atoms with Gasteiger partial charge in [0, 0.05) is 18.0 Å². The molecule has 5 N–H and O–H groups in total. The maximum Gasteiger partial charge on any atom is 0.358 e. The first kappa shape index (κ1) is 18.8. The number of aromatic nitrogens is 6. The van der Waals surface area contributed by atoms with E-state index in [1.165, 1.54) is 6.20 Å². The van der Waals surface area contributed by atoms with Crippen LogP contribution in [0, 0.1) is 11.3 Å². The van der Waals surface area contributed by atoms with Gasteiger partial charge in [-0.05, 0) is 24.6 Å². The molecular formula is C19H15N9O2. The Morgan fingerprint density at radius 2 is 2.10 bits per heavy atom. The number of nitrogens with one attached hydrogen (secondary N) is 2. The molecular weight excluding hydrogens is 386 g/mol. The van der Waals surface area contributed by atoms with Gasteiger partial charge in [0.15, 0.2) is 28.7 Å². The van der Waals surface area contributed by atoms with Crippen LogP contribution in [0.3, 0.4) is 0 Å². The fourth-order valence-electron chi connectivity index (χ4n) is 2.88. The fourth-order valence-corrected chi connectivity index (χ4v) is 2.88. The van der Waals surface area contributed by atoms with Crippen molar-refractivity contribution in [3.05, 3.63) is 53.7 Å². The smallest absolute Gasteiger partial charge is 0.358 e. The number of hydrogen-bond donors (Lipinski definition) is 4. The number of carbonyl (C=O) groups is 1. The Labute approximate surface area is 169 Å². The molecule has 0 aliphatic heterocycles. The van der Waals surface area contributed by atoms with E-state index in [4.69, 9.17) is 11.0 Å². The van der Waals surface area contributed by atoms with Gasteiger partial charge in [0.2, 0.25) is 0 Å². The molecule has 0 bridgehead atoms. The molecule has 30 heavy (non-hydrogen) atoms. The molecule has 0 aliphatic carbocycles. The van der Waals surface area contributed by atoms with E-state index in [-0.39, 0.29) is 23.2 Å². The number of nitrogen functional groups attached to an aromatic ring is 1. The van der Waals surface area contributed by atoms with E-state index in [0.29, 0.717) is 22.5 Å². The fraction of sp³-hybridized carbons (Fsp3) is 0.105. The van der Waals surface area contributed by atoms with Crippen LogP contribution in [-0.4, -0.2) is 41.2 Å². The second-order valence-corrected chi connectivity index (χ2v) is 6.44. The zero-order valence-corrected chi connectivity index (χ0v) is 15.7. The number of carboxylic acids is 1. The summed E-state index contributed by atoms with van der Waals surface area (Å²) in [6.07, 6.45) is 4.57. The van der Waals surface area contributed by atoms with Crippen LogP contribution in [0.2, 0.25) is 0 Å². The number of carboxylic acid groups (broad SMARTS) is 1. The normalized spacial score (nSPS) is 11.7. The predicted octanol–water partition coefficient (Wildman–Crippen LogP) is 2.14. The molecule has 0 saturated heterocycles. The summed E-state index contributed by atoms with van der Waals surface area (Å²) in [6, 6.07) is 7.01. The van der Waals surface area contributed by atoms with Gasteiger partial charge in [-0.2, -0.15) is 10.4 Å². The number of aromatic carboxylic acids is 1. The second-order valence-electron chi connectivity index (χ2n) is 6.44. The van der Waals surface area contributed by atoms with E-state index < -0.39 is 5.97 Å². The number of anilines is 2. The summed E-state index contributed by atoms with van der Waals surface area (Å²) in [6.45, 7) is 1.84. The van der Waals surface area contributed by atoms with Gasteiger partial charge < -0.3 is 16.2 Å². The third-order valence-electron chi connectivity index (χ3n) is 4.47. The molecule has 0 aromatic carbocycles. The number of pyridine rings is 2. The van der Waals surface area contributed by atoms with Crippen molar-refractivity contribution in [3.8, 4) is 17.3 Å². The van der Waals surface area contributed by atoms with E-state index in [9.17, 15) is 9.90 Å². The van der Waals surface area contributed by atoms with Gasteiger partial charge in [-0.3, -0.25) is 10.1 Å². The molecule has 4 aromatic rings. The molecule has 0 amide bonds. The Bertz CT molecular complexity index is 1290.